The zero-order valence-electron chi connectivity index (χ0n) is 16.2. The summed E-state index contributed by atoms with van der Waals surface area (Å²) in [5, 5.41) is 5.77. The highest BCUT2D eigenvalue weighted by atomic mass is 35.5. The number of halogens is 1. The third kappa shape index (κ3) is 7.46. The zero-order valence-corrected chi connectivity index (χ0v) is 17.0. The first-order valence-corrected chi connectivity index (χ1v) is 9.48. The number of benzene rings is 2. The molecule has 2 aromatic rings. The van der Waals surface area contributed by atoms with Crippen LogP contribution in [0.5, 0.6) is 5.75 Å². The van der Waals surface area contributed by atoms with Gasteiger partial charge < -0.3 is 20.1 Å². The fourth-order valence-electron chi connectivity index (χ4n) is 2.44. The van der Waals surface area contributed by atoms with Crippen LogP contribution in [0.15, 0.2) is 48.5 Å². The number of rotatable bonds is 9. The van der Waals surface area contributed by atoms with Crippen LogP contribution in [0.3, 0.4) is 0 Å². The zero-order chi connectivity index (χ0) is 21.2. The van der Waals surface area contributed by atoms with Crippen molar-refractivity contribution in [2.45, 2.75) is 19.9 Å². The molecule has 0 heterocycles. The fourth-order valence-corrected chi connectivity index (χ4v) is 2.56. The number of nitrogens with one attached hydrogen (secondary N) is 2. The molecule has 0 spiro atoms. The van der Waals surface area contributed by atoms with Crippen molar-refractivity contribution in [1.29, 1.82) is 0 Å². The van der Waals surface area contributed by atoms with Gasteiger partial charge in [-0.3, -0.25) is 14.4 Å². The molecule has 29 heavy (non-hydrogen) atoms. The highest BCUT2D eigenvalue weighted by Crippen LogP contribution is 2.16. The van der Waals surface area contributed by atoms with Crippen LogP contribution >= 0.6 is 11.6 Å². The third-order valence-corrected chi connectivity index (χ3v) is 4.18. The summed E-state index contributed by atoms with van der Waals surface area (Å²) in [7, 11) is 0. The van der Waals surface area contributed by atoms with Crippen molar-refractivity contribution in [2.24, 2.45) is 0 Å². The second-order valence-electron chi connectivity index (χ2n) is 6.14. The molecule has 8 heteroatoms. The lowest BCUT2D eigenvalue weighted by molar-refractivity contribution is -0.147. The number of amides is 2. The van der Waals surface area contributed by atoms with Crippen molar-refractivity contribution >= 4 is 29.4 Å². The Bertz CT molecular complexity index is 837. The summed E-state index contributed by atoms with van der Waals surface area (Å²) in [6, 6.07) is 13.3. The minimum absolute atomic E-state index is 0.266. The van der Waals surface area contributed by atoms with Crippen LogP contribution < -0.4 is 15.4 Å². The molecule has 2 amide bonds. The average Bonchev–Trinajstić information content (AvgIpc) is 2.71. The lowest BCUT2D eigenvalue weighted by Crippen LogP contribution is -2.34. The first kappa shape index (κ1) is 22.2. The maximum atomic E-state index is 12.0. The Morgan fingerprint density at radius 2 is 1.69 bits per heavy atom. The SMILES string of the molecule is CCOc1ccc(C(=O)NCC(=O)OCC(=O)N[C@@H](C)c2ccc(Cl)cc2)cc1. The third-order valence-electron chi connectivity index (χ3n) is 3.93. The molecule has 0 bridgehead atoms. The van der Waals surface area contributed by atoms with Crippen LogP contribution in [0.1, 0.15) is 35.8 Å². The standard InChI is InChI=1S/C21H23ClN2O5/c1-3-28-18-10-6-16(7-11-18)21(27)23-12-20(26)29-13-19(25)24-14(2)15-4-8-17(22)9-5-15/h4-11,14H,3,12-13H2,1-2H3,(H,23,27)(H,24,25)/t14-/m0/s1. The van der Waals surface area contributed by atoms with E-state index in [0.717, 1.165) is 5.56 Å². The molecule has 0 aliphatic rings. The van der Waals surface area contributed by atoms with Crippen LogP contribution in [0.2, 0.25) is 5.02 Å². The van der Waals surface area contributed by atoms with Crippen LogP contribution in [-0.4, -0.2) is 37.5 Å². The Balaban J connectivity index is 1.71. The van der Waals surface area contributed by atoms with E-state index in [-0.39, 0.29) is 12.6 Å². The van der Waals surface area contributed by atoms with E-state index >= 15 is 0 Å². The molecule has 0 saturated heterocycles. The van der Waals surface area contributed by atoms with Crippen molar-refractivity contribution in [1.82, 2.24) is 10.6 Å². The van der Waals surface area contributed by atoms with Gasteiger partial charge in [-0.15, -0.1) is 0 Å². The van der Waals surface area contributed by atoms with Gasteiger partial charge in [0.2, 0.25) is 0 Å². The van der Waals surface area contributed by atoms with Gasteiger partial charge in [-0.2, -0.15) is 0 Å². The van der Waals surface area contributed by atoms with Gasteiger partial charge in [0.15, 0.2) is 6.61 Å². The Morgan fingerprint density at radius 3 is 2.31 bits per heavy atom. The lowest BCUT2D eigenvalue weighted by atomic mass is 10.1. The Morgan fingerprint density at radius 1 is 1.03 bits per heavy atom. The monoisotopic (exact) mass is 418 g/mol. The van der Waals surface area contributed by atoms with Crippen molar-refractivity contribution in [2.75, 3.05) is 19.8 Å². The molecule has 0 saturated carbocycles. The quantitative estimate of drug-likeness (QED) is 0.611. The summed E-state index contributed by atoms with van der Waals surface area (Å²) >= 11 is 5.84. The molecule has 0 fully saturated rings. The van der Waals surface area contributed by atoms with Gasteiger partial charge in [0.1, 0.15) is 12.3 Å². The topological polar surface area (TPSA) is 93.7 Å². The molecule has 0 aromatic heterocycles. The number of carbonyl (C=O) groups is 3. The molecule has 0 radical (unpaired) electrons. The molecule has 0 aliphatic carbocycles. The van der Waals surface area contributed by atoms with Crippen molar-refractivity contribution in [3.63, 3.8) is 0 Å². The molecular formula is C21H23ClN2O5. The predicted molar refractivity (Wildman–Crippen MR) is 109 cm³/mol. The van der Waals surface area contributed by atoms with Crippen LogP contribution in [0.4, 0.5) is 0 Å². The Labute approximate surface area is 174 Å². The molecular weight excluding hydrogens is 396 g/mol. The molecule has 0 unspecified atom stereocenters. The van der Waals surface area contributed by atoms with E-state index in [9.17, 15) is 14.4 Å². The Kier molecular flexibility index (Phi) is 8.48. The van der Waals surface area contributed by atoms with E-state index in [1.807, 2.05) is 6.92 Å². The second-order valence-corrected chi connectivity index (χ2v) is 6.58. The van der Waals surface area contributed by atoms with Crippen LogP contribution in [0.25, 0.3) is 0 Å². The Hall–Kier alpha value is -3.06. The summed E-state index contributed by atoms with van der Waals surface area (Å²) in [6.07, 6.45) is 0. The lowest BCUT2D eigenvalue weighted by Gasteiger charge is -2.14. The number of hydrogen-bond acceptors (Lipinski definition) is 5. The molecule has 1 atom stereocenters. The van der Waals surface area contributed by atoms with Gasteiger partial charge >= 0.3 is 5.97 Å². The van der Waals surface area contributed by atoms with Crippen LogP contribution in [-0.2, 0) is 14.3 Å². The second kappa shape index (κ2) is 11.1. The molecule has 154 valence electrons. The van der Waals surface area contributed by atoms with Crippen molar-refractivity contribution in [3.8, 4) is 5.75 Å². The molecule has 0 aliphatic heterocycles. The smallest absolute Gasteiger partial charge is 0.325 e. The molecule has 2 rings (SSSR count). The van der Waals surface area contributed by atoms with Gasteiger partial charge in [-0.1, -0.05) is 23.7 Å². The number of ether oxygens (including phenoxy) is 2. The highest BCUT2D eigenvalue weighted by Gasteiger charge is 2.13. The maximum absolute atomic E-state index is 12.0. The average molecular weight is 419 g/mol. The van der Waals surface area contributed by atoms with E-state index in [1.165, 1.54) is 0 Å². The summed E-state index contributed by atoms with van der Waals surface area (Å²) in [5.41, 5.74) is 1.26. The number of hydrogen-bond donors (Lipinski definition) is 2. The van der Waals surface area contributed by atoms with E-state index in [4.69, 9.17) is 21.1 Å². The molecule has 7 nitrogen and oxygen atoms in total. The first-order chi connectivity index (χ1) is 13.9. The van der Waals surface area contributed by atoms with Gasteiger partial charge in [-0.05, 0) is 55.8 Å². The summed E-state index contributed by atoms with van der Waals surface area (Å²) in [5.74, 6) is -0.926. The largest absolute Gasteiger partial charge is 0.494 e. The van der Waals surface area contributed by atoms with Crippen LogP contribution in [0, 0.1) is 0 Å². The minimum Gasteiger partial charge on any atom is -0.494 e. The van der Waals surface area contributed by atoms with Gasteiger partial charge in [0, 0.05) is 10.6 Å². The van der Waals surface area contributed by atoms with E-state index in [1.54, 1.807) is 55.5 Å². The van der Waals surface area contributed by atoms with Gasteiger partial charge in [0.05, 0.1) is 12.6 Å². The van der Waals surface area contributed by atoms with E-state index in [0.29, 0.717) is 22.9 Å². The summed E-state index contributed by atoms with van der Waals surface area (Å²) < 4.78 is 10.2. The first-order valence-electron chi connectivity index (χ1n) is 9.10. The van der Waals surface area contributed by atoms with Gasteiger partial charge in [0.25, 0.3) is 11.8 Å². The normalized spacial score (nSPS) is 11.3. The number of esters is 1. The molecule has 2 aromatic carbocycles. The summed E-state index contributed by atoms with van der Waals surface area (Å²) in [6.45, 7) is 3.43. The molecule has 2 N–H and O–H groups in total. The number of carbonyl (C=O) groups excluding carboxylic acids is 3. The summed E-state index contributed by atoms with van der Waals surface area (Å²) in [4.78, 5) is 35.7. The minimum atomic E-state index is -0.710. The maximum Gasteiger partial charge on any atom is 0.325 e. The van der Waals surface area contributed by atoms with Crippen molar-refractivity contribution < 1.29 is 23.9 Å². The van der Waals surface area contributed by atoms with E-state index < -0.39 is 24.4 Å². The highest BCUT2D eigenvalue weighted by molar-refractivity contribution is 6.30. The predicted octanol–water partition coefficient (Wildman–Crippen LogP) is 2.89. The van der Waals surface area contributed by atoms with Gasteiger partial charge in [-0.25, -0.2) is 0 Å². The fraction of sp³-hybridized carbons (Fsp3) is 0.286. The van der Waals surface area contributed by atoms with Crippen molar-refractivity contribution in [3.05, 3.63) is 64.7 Å². The van der Waals surface area contributed by atoms with E-state index in [2.05, 4.69) is 10.6 Å².